The quantitative estimate of drug-likeness (QED) is 0.446. The van der Waals surface area contributed by atoms with Crippen molar-refractivity contribution in [1.29, 1.82) is 0 Å². The SMILES string of the molecule is COc1cc(F)c(C[C@@H](NC(=O)N[C@H]2CC[C@@](C)(O)CC2)c2nc3ccccc3[nH]2)c(F)c1. The number of halogens is 2. The third-order valence-corrected chi connectivity index (χ3v) is 6.20. The first-order valence-electron chi connectivity index (χ1n) is 11.0. The van der Waals surface area contributed by atoms with Gasteiger partial charge in [0, 0.05) is 30.2 Å². The van der Waals surface area contributed by atoms with E-state index in [1.165, 1.54) is 7.11 Å². The monoisotopic (exact) mass is 458 g/mol. The maximum Gasteiger partial charge on any atom is 0.315 e. The van der Waals surface area contributed by atoms with Crippen molar-refractivity contribution in [2.45, 2.75) is 56.7 Å². The number of ether oxygens (including phenoxy) is 1. The topological polar surface area (TPSA) is 99.3 Å². The van der Waals surface area contributed by atoms with E-state index in [0.29, 0.717) is 37.0 Å². The van der Waals surface area contributed by atoms with Gasteiger partial charge in [-0.05, 0) is 44.7 Å². The normalized spacial score (nSPS) is 21.5. The number of H-pyrrole nitrogens is 1. The fraction of sp³-hybridized carbons (Fsp3) is 0.417. The minimum atomic E-state index is -0.804. The van der Waals surface area contributed by atoms with Crippen LogP contribution < -0.4 is 15.4 Å². The molecule has 4 rings (SSSR count). The second-order valence-electron chi connectivity index (χ2n) is 8.85. The lowest BCUT2D eigenvalue weighted by molar-refractivity contribution is 0.0151. The van der Waals surface area contributed by atoms with Crippen LogP contribution in [-0.2, 0) is 6.42 Å². The highest BCUT2D eigenvalue weighted by Gasteiger charge is 2.30. The summed E-state index contributed by atoms with van der Waals surface area (Å²) in [6.07, 6.45) is 2.34. The van der Waals surface area contributed by atoms with Gasteiger partial charge in [-0.3, -0.25) is 0 Å². The summed E-state index contributed by atoms with van der Waals surface area (Å²) in [6, 6.07) is 8.21. The van der Waals surface area contributed by atoms with Crippen molar-refractivity contribution in [2.75, 3.05) is 7.11 Å². The Kier molecular flexibility index (Phi) is 6.51. The van der Waals surface area contributed by atoms with E-state index < -0.39 is 29.3 Å². The molecule has 3 aromatic rings. The van der Waals surface area contributed by atoms with Gasteiger partial charge in [-0.2, -0.15) is 0 Å². The molecule has 0 bridgehead atoms. The lowest BCUT2D eigenvalue weighted by atomic mass is 9.84. The molecule has 176 valence electrons. The number of carbonyl (C=O) groups excluding carboxylic acids is 1. The zero-order valence-corrected chi connectivity index (χ0v) is 18.6. The van der Waals surface area contributed by atoms with Crippen LogP contribution in [0.2, 0.25) is 0 Å². The highest BCUT2D eigenvalue weighted by molar-refractivity contribution is 5.76. The van der Waals surface area contributed by atoms with Gasteiger partial charge in [-0.25, -0.2) is 18.6 Å². The van der Waals surface area contributed by atoms with Crippen LogP contribution in [0.25, 0.3) is 11.0 Å². The van der Waals surface area contributed by atoms with Gasteiger partial charge in [0.25, 0.3) is 0 Å². The van der Waals surface area contributed by atoms with Gasteiger partial charge >= 0.3 is 6.03 Å². The van der Waals surface area contributed by atoms with Crippen molar-refractivity contribution in [2.24, 2.45) is 0 Å². The lowest BCUT2D eigenvalue weighted by Crippen LogP contribution is -2.47. The fourth-order valence-electron chi connectivity index (χ4n) is 4.22. The summed E-state index contributed by atoms with van der Waals surface area (Å²) in [5.41, 5.74) is 0.555. The van der Waals surface area contributed by atoms with Gasteiger partial charge in [-0.1, -0.05) is 12.1 Å². The first-order valence-corrected chi connectivity index (χ1v) is 11.0. The van der Waals surface area contributed by atoms with E-state index >= 15 is 0 Å². The number of fused-ring (bicyclic) bond motifs is 1. The Morgan fingerprint density at radius 3 is 2.58 bits per heavy atom. The van der Waals surface area contributed by atoms with Gasteiger partial charge in [0.05, 0.1) is 29.8 Å². The molecule has 0 spiro atoms. The van der Waals surface area contributed by atoms with E-state index in [2.05, 4.69) is 20.6 Å². The van der Waals surface area contributed by atoms with Crippen LogP contribution in [0.15, 0.2) is 36.4 Å². The van der Waals surface area contributed by atoms with Crippen LogP contribution in [-0.4, -0.2) is 39.9 Å². The van der Waals surface area contributed by atoms with Gasteiger partial charge in [-0.15, -0.1) is 0 Å². The zero-order valence-electron chi connectivity index (χ0n) is 18.6. The van der Waals surface area contributed by atoms with Crippen molar-refractivity contribution in [3.63, 3.8) is 0 Å². The number of hydrogen-bond donors (Lipinski definition) is 4. The molecule has 1 aliphatic rings. The van der Waals surface area contributed by atoms with Crippen LogP contribution in [0.3, 0.4) is 0 Å². The summed E-state index contributed by atoms with van der Waals surface area (Å²) in [5.74, 6) is -1.05. The molecule has 0 radical (unpaired) electrons. The van der Waals surface area contributed by atoms with Crippen LogP contribution in [0, 0.1) is 11.6 Å². The van der Waals surface area contributed by atoms with E-state index in [0.717, 1.165) is 17.6 Å². The molecule has 33 heavy (non-hydrogen) atoms. The summed E-state index contributed by atoms with van der Waals surface area (Å²) in [6.45, 7) is 1.79. The first-order chi connectivity index (χ1) is 15.7. The number of rotatable bonds is 6. The molecule has 2 amide bonds. The van der Waals surface area contributed by atoms with E-state index in [9.17, 15) is 18.7 Å². The fourth-order valence-corrected chi connectivity index (χ4v) is 4.22. The predicted molar refractivity (Wildman–Crippen MR) is 120 cm³/mol. The summed E-state index contributed by atoms with van der Waals surface area (Å²) in [5, 5.41) is 15.9. The van der Waals surface area contributed by atoms with Gasteiger partial charge in [0.2, 0.25) is 0 Å². The third-order valence-electron chi connectivity index (χ3n) is 6.20. The Hall–Kier alpha value is -3.20. The molecule has 1 aliphatic carbocycles. The van der Waals surface area contributed by atoms with Crippen LogP contribution >= 0.6 is 0 Å². The summed E-state index contributed by atoms with van der Waals surface area (Å²) >= 11 is 0. The molecule has 1 saturated carbocycles. The number of urea groups is 1. The van der Waals surface area contributed by atoms with E-state index in [1.54, 1.807) is 6.92 Å². The number of imidazole rings is 1. The molecule has 0 unspecified atom stereocenters. The zero-order chi connectivity index (χ0) is 23.6. The number of para-hydroxylation sites is 2. The van der Waals surface area contributed by atoms with Crippen LogP contribution in [0.4, 0.5) is 13.6 Å². The number of methoxy groups -OCH3 is 1. The maximum atomic E-state index is 14.7. The smallest absolute Gasteiger partial charge is 0.315 e. The Bertz CT molecular complexity index is 1080. The molecule has 1 heterocycles. The van der Waals surface area contributed by atoms with Gasteiger partial charge < -0.3 is 25.5 Å². The Morgan fingerprint density at radius 2 is 1.94 bits per heavy atom. The third kappa shape index (κ3) is 5.42. The Balaban J connectivity index is 1.56. The van der Waals surface area contributed by atoms with Crippen molar-refractivity contribution in [3.8, 4) is 5.75 Å². The summed E-state index contributed by atoms with van der Waals surface area (Å²) < 4.78 is 34.2. The maximum absolute atomic E-state index is 14.7. The van der Waals surface area contributed by atoms with Crippen molar-refractivity contribution in [3.05, 3.63) is 59.4 Å². The number of aromatic nitrogens is 2. The largest absolute Gasteiger partial charge is 0.497 e. The molecule has 1 fully saturated rings. The number of nitrogens with zero attached hydrogens (tertiary/aromatic N) is 1. The Labute approximate surface area is 190 Å². The molecule has 7 nitrogen and oxygen atoms in total. The molecular formula is C24H28F2N4O3. The molecule has 4 N–H and O–H groups in total. The molecule has 0 saturated heterocycles. The van der Waals surface area contributed by atoms with E-state index in [1.807, 2.05) is 24.3 Å². The predicted octanol–water partition coefficient (Wildman–Crippen LogP) is 4.13. The number of aliphatic hydroxyl groups is 1. The van der Waals surface area contributed by atoms with Gasteiger partial charge in [0.1, 0.15) is 23.2 Å². The molecule has 0 aliphatic heterocycles. The molecule has 9 heteroatoms. The summed E-state index contributed by atoms with van der Waals surface area (Å²) in [7, 11) is 1.33. The van der Waals surface area contributed by atoms with Crippen LogP contribution in [0.1, 0.15) is 50.0 Å². The molecule has 2 aromatic carbocycles. The highest BCUT2D eigenvalue weighted by Crippen LogP contribution is 2.28. The number of nitrogens with one attached hydrogen (secondary N) is 3. The van der Waals surface area contributed by atoms with E-state index in [-0.39, 0.29) is 23.8 Å². The average Bonchev–Trinajstić information content (AvgIpc) is 3.21. The van der Waals surface area contributed by atoms with Gasteiger partial charge in [0.15, 0.2) is 0 Å². The molecule has 1 aromatic heterocycles. The number of benzene rings is 2. The lowest BCUT2D eigenvalue weighted by Gasteiger charge is -2.33. The summed E-state index contributed by atoms with van der Waals surface area (Å²) in [4.78, 5) is 20.5. The molecule has 1 atom stereocenters. The number of hydrogen-bond acceptors (Lipinski definition) is 4. The van der Waals surface area contributed by atoms with Crippen molar-refractivity contribution in [1.82, 2.24) is 20.6 Å². The molecular weight excluding hydrogens is 430 g/mol. The minimum absolute atomic E-state index is 0.0768. The van der Waals surface area contributed by atoms with E-state index in [4.69, 9.17) is 4.74 Å². The second-order valence-corrected chi connectivity index (χ2v) is 8.85. The first kappa shape index (κ1) is 23.0. The minimum Gasteiger partial charge on any atom is -0.497 e. The standard InChI is InChI=1S/C24H28F2N4O3/c1-24(32)9-7-14(8-10-24)27-23(31)30-21(22-28-19-5-3-4-6-20(19)29-22)13-16-17(25)11-15(33-2)12-18(16)26/h3-6,11-12,14,21,32H,7-10,13H2,1-2H3,(H,28,29)(H2,27,30,31)/t14-,21-,24+/m1/s1. The van der Waals surface area contributed by atoms with Crippen LogP contribution in [0.5, 0.6) is 5.75 Å². The average molecular weight is 459 g/mol. The highest BCUT2D eigenvalue weighted by atomic mass is 19.1. The van der Waals surface area contributed by atoms with Crippen molar-refractivity contribution < 1.29 is 23.4 Å². The van der Waals surface area contributed by atoms with Crippen molar-refractivity contribution >= 4 is 17.1 Å². The second kappa shape index (κ2) is 9.35. The number of carbonyl (C=O) groups is 1. The Morgan fingerprint density at radius 1 is 1.27 bits per heavy atom. The number of aromatic amines is 1. The number of amides is 2.